The van der Waals surface area contributed by atoms with Crippen LogP contribution < -0.4 is 4.90 Å². The molecule has 0 bridgehead atoms. The Bertz CT molecular complexity index is 312. The largest absolute Gasteiger partial charge is 0.391 e. The quantitative estimate of drug-likeness (QED) is 0.803. The normalized spacial score (nSPS) is 20.9. The third-order valence-corrected chi connectivity index (χ3v) is 2.68. The average molecular weight is 207 g/mol. The van der Waals surface area contributed by atoms with E-state index >= 15 is 0 Å². The fraction of sp³-hybridized carbons (Fsp3) is 0.636. The SMILES string of the molecule is CCCc1cnc(N2CCC(O)C2)nc1. The first kappa shape index (κ1) is 10.4. The number of aryl methyl sites for hydroxylation is 1. The van der Waals surface area contributed by atoms with Crippen molar-refractivity contribution in [3.63, 3.8) is 0 Å². The van der Waals surface area contributed by atoms with Gasteiger partial charge >= 0.3 is 0 Å². The van der Waals surface area contributed by atoms with Gasteiger partial charge in [0.2, 0.25) is 5.95 Å². The molecule has 4 heteroatoms. The highest BCUT2D eigenvalue weighted by Crippen LogP contribution is 2.15. The fourth-order valence-corrected chi connectivity index (χ4v) is 1.85. The van der Waals surface area contributed by atoms with Crippen molar-refractivity contribution in [2.75, 3.05) is 18.0 Å². The van der Waals surface area contributed by atoms with Crippen molar-refractivity contribution in [3.05, 3.63) is 18.0 Å². The predicted octanol–water partition coefficient (Wildman–Crippen LogP) is 1.00. The standard InChI is InChI=1S/C11H17N3O/c1-2-3-9-6-12-11(13-7-9)14-5-4-10(15)8-14/h6-7,10,15H,2-5,8H2,1H3. The van der Waals surface area contributed by atoms with Crippen LogP contribution in [0, 0.1) is 0 Å². The van der Waals surface area contributed by atoms with E-state index in [9.17, 15) is 5.11 Å². The highest BCUT2D eigenvalue weighted by Gasteiger charge is 2.21. The first-order chi connectivity index (χ1) is 7.29. The molecule has 1 aliphatic rings. The molecule has 1 saturated heterocycles. The molecule has 0 spiro atoms. The number of hydrogen-bond donors (Lipinski definition) is 1. The van der Waals surface area contributed by atoms with E-state index in [1.54, 1.807) is 0 Å². The van der Waals surface area contributed by atoms with E-state index in [0.717, 1.165) is 31.8 Å². The first-order valence-electron chi connectivity index (χ1n) is 5.53. The van der Waals surface area contributed by atoms with Gasteiger partial charge < -0.3 is 10.0 Å². The Morgan fingerprint density at radius 3 is 2.73 bits per heavy atom. The molecule has 1 unspecified atom stereocenters. The number of β-amino-alcohol motifs (C(OH)–C–C–N with tert-alkyl or cyclic N) is 1. The van der Waals surface area contributed by atoms with Crippen molar-refractivity contribution in [1.29, 1.82) is 0 Å². The van der Waals surface area contributed by atoms with Gasteiger partial charge in [0.15, 0.2) is 0 Å². The summed E-state index contributed by atoms with van der Waals surface area (Å²) < 4.78 is 0. The fourth-order valence-electron chi connectivity index (χ4n) is 1.85. The molecule has 0 saturated carbocycles. The summed E-state index contributed by atoms with van der Waals surface area (Å²) in [5.41, 5.74) is 1.18. The maximum absolute atomic E-state index is 9.40. The van der Waals surface area contributed by atoms with Gasteiger partial charge in [-0.2, -0.15) is 0 Å². The third-order valence-electron chi connectivity index (χ3n) is 2.68. The van der Waals surface area contributed by atoms with E-state index in [1.807, 2.05) is 17.3 Å². The van der Waals surface area contributed by atoms with Crippen LogP contribution in [-0.4, -0.2) is 34.3 Å². The molecule has 1 aromatic rings. The number of aliphatic hydroxyl groups is 1. The van der Waals surface area contributed by atoms with Crippen LogP contribution in [0.15, 0.2) is 12.4 Å². The molecule has 4 nitrogen and oxygen atoms in total. The number of anilines is 1. The topological polar surface area (TPSA) is 49.2 Å². The highest BCUT2D eigenvalue weighted by atomic mass is 16.3. The Morgan fingerprint density at radius 1 is 1.47 bits per heavy atom. The van der Waals surface area contributed by atoms with Crippen molar-refractivity contribution in [3.8, 4) is 0 Å². The minimum atomic E-state index is -0.219. The van der Waals surface area contributed by atoms with E-state index in [4.69, 9.17) is 0 Å². The summed E-state index contributed by atoms with van der Waals surface area (Å²) >= 11 is 0. The zero-order valence-electron chi connectivity index (χ0n) is 9.06. The van der Waals surface area contributed by atoms with E-state index in [1.165, 1.54) is 5.56 Å². The van der Waals surface area contributed by atoms with E-state index in [-0.39, 0.29) is 6.10 Å². The lowest BCUT2D eigenvalue weighted by Crippen LogP contribution is -2.23. The van der Waals surface area contributed by atoms with Crippen LogP contribution in [0.2, 0.25) is 0 Å². The van der Waals surface area contributed by atoms with Crippen molar-refractivity contribution < 1.29 is 5.11 Å². The molecule has 0 amide bonds. The van der Waals surface area contributed by atoms with Crippen molar-refractivity contribution in [2.45, 2.75) is 32.3 Å². The van der Waals surface area contributed by atoms with Crippen LogP contribution in [0.5, 0.6) is 0 Å². The summed E-state index contributed by atoms with van der Waals surface area (Å²) in [5, 5.41) is 9.40. The molecule has 1 atom stereocenters. The number of rotatable bonds is 3. The molecule has 0 radical (unpaired) electrons. The van der Waals surface area contributed by atoms with Crippen LogP contribution in [0.1, 0.15) is 25.3 Å². The van der Waals surface area contributed by atoms with Gasteiger partial charge in [-0.15, -0.1) is 0 Å². The molecule has 1 fully saturated rings. The van der Waals surface area contributed by atoms with Gasteiger partial charge in [-0.05, 0) is 18.4 Å². The van der Waals surface area contributed by atoms with Gasteiger partial charge in [-0.1, -0.05) is 13.3 Å². The molecule has 1 aliphatic heterocycles. The molecule has 1 aromatic heterocycles. The minimum Gasteiger partial charge on any atom is -0.391 e. The molecule has 82 valence electrons. The van der Waals surface area contributed by atoms with Crippen molar-refractivity contribution >= 4 is 5.95 Å². The van der Waals surface area contributed by atoms with E-state index in [0.29, 0.717) is 6.54 Å². The Labute approximate surface area is 90.0 Å². The molecule has 0 aromatic carbocycles. The molecule has 0 aliphatic carbocycles. The number of hydrogen-bond acceptors (Lipinski definition) is 4. The lowest BCUT2D eigenvalue weighted by Gasteiger charge is -2.14. The van der Waals surface area contributed by atoms with Gasteiger partial charge in [0, 0.05) is 25.5 Å². The Hall–Kier alpha value is -1.16. The predicted molar refractivity (Wildman–Crippen MR) is 58.9 cm³/mol. The Morgan fingerprint density at radius 2 is 2.20 bits per heavy atom. The monoisotopic (exact) mass is 207 g/mol. The Balaban J connectivity index is 2.03. The van der Waals surface area contributed by atoms with Crippen molar-refractivity contribution in [2.24, 2.45) is 0 Å². The molecule has 15 heavy (non-hydrogen) atoms. The number of aliphatic hydroxyl groups excluding tert-OH is 1. The number of aromatic nitrogens is 2. The number of nitrogens with zero attached hydrogens (tertiary/aromatic N) is 3. The molecule has 2 heterocycles. The molecule has 1 N–H and O–H groups in total. The summed E-state index contributed by atoms with van der Waals surface area (Å²) in [6.45, 7) is 3.66. The zero-order valence-corrected chi connectivity index (χ0v) is 9.06. The molecular formula is C11H17N3O. The minimum absolute atomic E-state index is 0.219. The summed E-state index contributed by atoms with van der Waals surface area (Å²) in [4.78, 5) is 10.7. The second-order valence-corrected chi connectivity index (χ2v) is 4.03. The summed E-state index contributed by atoms with van der Waals surface area (Å²) in [6, 6.07) is 0. The zero-order chi connectivity index (χ0) is 10.7. The van der Waals surface area contributed by atoms with Gasteiger partial charge in [0.05, 0.1) is 6.10 Å². The summed E-state index contributed by atoms with van der Waals surface area (Å²) in [7, 11) is 0. The molecular weight excluding hydrogens is 190 g/mol. The van der Waals surface area contributed by atoms with Gasteiger partial charge in [-0.3, -0.25) is 0 Å². The van der Waals surface area contributed by atoms with Crippen LogP contribution >= 0.6 is 0 Å². The smallest absolute Gasteiger partial charge is 0.225 e. The van der Waals surface area contributed by atoms with Gasteiger partial charge in [0.25, 0.3) is 0 Å². The van der Waals surface area contributed by atoms with Crippen LogP contribution in [0.4, 0.5) is 5.95 Å². The van der Waals surface area contributed by atoms with Crippen LogP contribution in [0.25, 0.3) is 0 Å². The lowest BCUT2D eigenvalue weighted by atomic mass is 10.2. The molecule has 2 rings (SSSR count). The van der Waals surface area contributed by atoms with E-state index in [2.05, 4.69) is 16.9 Å². The third kappa shape index (κ3) is 2.45. The first-order valence-corrected chi connectivity index (χ1v) is 5.53. The van der Waals surface area contributed by atoms with E-state index < -0.39 is 0 Å². The highest BCUT2D eigenvalue weighted by molar-refractivity contribution is 5.31. The van der Waals surface area contributed by atoms with Crippen LogP contribution in [-0.2, 0) is 6.42 Å². The average Bonchev–Trinajstić information content (AvgIpc) is 2.67. The maximum atomic E-state index is 9.40. The second kappa shape index (κ2) is 4.57. The summed E-state index contributed by atoms with van der Waals surface area (Å²) in [5.74, 6) is 0.742. The van der Waals surface area contributed by atoms with Crippen LogP contribution in [0.3, 0.4) is 0 Å². The lowest BCUT2D eigenvalue weighted by molar-refractivity contribution is 0.198. The maximum Gasteiger partial charge on any atom is 0.225 e. The van der Waals surface area contributed by atoms with Gasteiger partial charge in [-0.25, -0.2) is 9.97 Å². The van der Waals surface area contributed by atoms with Crippen molar-refractivity contribution in [1.82, 2.24) is 9.97 Å². The second-order valence-electron chi connectivity index (χ2n) is 4.03. The summed E-state index contributed by atoms with van der Waals surface area (Å²) in [6.07, 6.45) is 6.52. The van der Waals surface area contributed by atoms with Gasteiger partial charge in [0.1, 0.15) is 0 Å². The Kier molecular flexibility index (Phi) is 3.16.